The van der Waals surface area contributed by atoms with Crippen LogP contribution in [0.5, 0.6) is 0 Å². The van der Waals surface area contributed by atoms with E-state index in [1.54, 1.807) is 0 Å². The molecule has 0 aliphatic carbocycles. The van der Waals surface area contributed by atoms with Crippen LogP contribution in [0.15, 0.2) is 251 Å². The van der Waals surface area contributed by atoms with Gasteiger partial charge in [0.05, 0.1) is 0 Å². The molecule has 0 aliphatic rings. The topological polar surface area (TPSA) is 26.3 Å². The van der Waals surface area contributed by atoms with E-state index < -0.39 is 0 Å². The van der Waals surface area contributed by atoms with Gasteiger partial charge in [-0.25, -0.2) is 0 Å². The molecule has 0 radical (unpaired) electrons. The van der Waals surface area contributed by atoms with Crippen molar-refractivity contribution in [3.63, 3.8) is 0 Å². The Balaban J connectivity index is 0.843. The molecule has 3 heteroatoms. The Bertz CT molecular complexity index is 5200. The van der Waals surface area contributed by atoms with Gasteiger partial charge < -0.3 is 4.42 Å². The van der Waals surface area contributed by atoms with Crippen LogP contribution in [0.2, 0.25) is 0 Å². The van der Waals surface area contributed by atoms with Crippen molar-refractivity contribution in [2.45, 2.75) is 0 Å². The molecule has 346 valence electrons. The first-order valence-electron chi connectivity index (χ1n) is 25.7. The molecule has 0 N–H and O–H groups in total. The number of hydrogen-bond acceptors (Lipinski definition) is 2. The molecule has 75 heavy (non-hydrogen) atoms. The van der Waals surface area contributed by atoms with Gasteiger partial charge in [0.25, 0.3) is 0 Å². The summed E-state index contributed by atoms with van der Waals surface area (Å²) in [5, 5.41) is 22.0. The van der Waals surface area contributed by atoms with Crippen LogP contribution < -0.4 is 0 Å². The number of hydrogen-bond donors (Lipinski definition) is 0. The quantitative estimate of drug-likeness (QED) is 0.130. The molecule has 0 aliphatic heterocycles. The van der Waals surface area contributed by atoms with Gasteiger partial charge in [-0.15, -0.1) is 0 Å². The molecule has 3 heterocycles. The summed E-state index contributed by atoms with van der Waals surface area (Å²) < 4.78 is 15.8. The average molecular weight is 1020 g/mol. The van der Waals surface area contributed by atoms with Crippen molar-refractivity contribution >= 4 is 142 Å². The van der Waals surface area contributed by atoms with Gasteiger partial charge in [0, 0.05) is 0 Å². The van der Waals surface area contributed by atoms with Gasteiger partial charge in [-0.05, 0) is 28.3 Å². The zero-order valence-electron chi connectivity index (χ0n) is 40.3. The molecule has 3 aromatic heterocycles. The summed E-state index contributed by atoms with van der Waals surface area (Å²) in [6.45, 7) is 0. The van der Waals surface area contributed by atoms with Gasteiger partial charge >= 0.3 is 351 Å². The van der Waals surface area contributed by atoms with E-state index in [-0.39, 0.29) is 14.5 Å². The molecule has 0 saturated carbocycles. The molecule has 0 bridgehead atoms. The van der Waals surface area contributed by atoms with Gasteiger partial charge in [0.15, 0.2) is 0 Å². The molecule has 0 unspecified atom stereocenters. The first-order chi connectivity index (χ1) is 37.2. The summed E-state index contributed by atoms with van der Waals surface area (Å²) in [7, 11) is 0. The van der Waals surface area contributed by atoms with Crippen molar-refractivity contribution in [2.24, 2.45) is 0 Å². The Labute approximate surface area is 435 Å². The summed E-state index contributed by atoms with van der Waals surface area (Å²) >= 11 is 0.0917. The number of benzene rings is 14. The third-order valence-electron chi connectivity index (χ3n) is 16.2. The van der Waals surface area contributed by atoms with Gasteiger partial charge in [-0.3, -0.25) is 0 Å². The van der Waals surface area contributed by atoms with E-state index in [0.29, 0.717) is 0 Å². The molecule has 17 aromatic rings. The summed E-state index contributed by atoms with van der Waals surface area (Å²) in [5.74, 6) is 0. The monoisotopic (exact) mass is 1020 g/mol. The normalized spacial score (nSPS) is 12.3. The third kappa shape index (κ3) is 6.02. The first kappa shape index (κ1) is 41.3. The zero-order chi connectivity index (χ0) is 48.9. The number of fused-ring (bicyclic) bond motifs is 15. The van der Waals surface area contributed by atoms with E-state index in [4.69, 9.17) is 8.83 Å². The molecule has 14 aromatic carbocycles. The van der Waals surface area contributed by atoms with Gasteiger partial charge in [-0.2, -0.15) is 0 Å². The Kier molecular flexibility index (Phi) is 8.60. The molecule has 0 spiro atoms. The maximum absolute atomic E-state index is 6.49. The van der Waals surface area contributed by atoms with Crippen molar-refractivity contribution < 1.29 is 8.83 Å². The molecular formula is C72H40O2Se. The van der Waals surface area contributed by atoms with Crippen molar-refractivity contribution in [3.8, 4) is 44.5 Å². The molecule has 0 atom stereocenters. The molecule has 17 rings (SSSR count). The molecule has 0 amide bonds. The van der Waals surface area contributed by atoms with Crippen LogP contribution >= 0.6 is 0 Å². The third-order valence-corrected chi connectivity index (χ3v) is 18.7. The minimum atomic E-state index is 0.0917. The van der Waals surface area contributed by atoms with Gasteiger partial charge in [0.2, 0.25) is 0 Å². The van der Waals surface area contributed by atoms with Crippen molar-refractivity contribution in [2.75, 3.05) is 0 Å². The van der Waals surface area contributed by atoms with Crippen LogP contribution in [0.3, 0.4) is 0 Å². The second-order valence-electron chi connectivity index (χ2n) is 20.2. The molecular weight excluding hydrogens is 976 g/mol. The molecule has 0 fully saturated rings. The van der Waals surface area contributed by atoms with E-state index in [0.717, 1.165) is 43.9 Å². The average Bonchev–Trinajstić information content (AvgIpc) is 4.15. The Hall–Kier alpha value is -9.24. The Morgan fingerprint density at radius 2 is 0.573 bits per heavy atom. The summed E-state index contributed by atoms with van der Waals surface area (Å²) in [6, 6.07) is 89.9. The van der Waals surface area contributed by atoms with E-state index in [2.05, 4.69) is 243 Å². The minimum absolute atomic E-state index is 0.0917. The molecule has 2 nitrogen and oxygen atoms in total. The number of furan rings is 2. The predicted molar refractivity (Wildman–Crippen MR) is 320 cm³/mol. The van der Waals surface area contributed by atoms with Crippen molar-refractivity contribution in [1.82, 2.24) is 0 Å². The van der Waals surface area contributed by atoms with E-state index in [1.165, 1.54) is 128 Å². The fourth-order valence-corrected chi connectivity index (χ4v) is 15.4. The summed E-state index contributed by atoms with van der Waals surface area (Å²) in [4.78, 5) is 0. The van der Waals surface area contributed by atoms with E-state index in [9.17, 15) is 0 Å². The first-order valence-corrected chi connectivity index (χ1v) is 27.4. The van der Waals surface area contributed by atoms with E-state index >= 15 is 0 Å². The zero-order valence-corrected chi connectivity index (χ0v) is 42.0. The second-order valence-corrected chi connectivity index (χ2v) is 22.4. The van der Waals surface area contributed by atoms with Crippen LogP contribution in [0.25, 0.3) is 172 Å². The van der Waals surface area contributed by atoms with Gasteiger partial charge in [0.1, 0.15) is 5.58 Å². The fraction of sp³-hybridized carbons (Fsp3) is 0. The van der Waals surface area contributed by atoms with Crippen LogP contribution in [-0.2, 0) is 0 Å². The van der Waals surface area contributed by atoms with Crippen LogP contribution in [0.1, 0.15) is 0 Å². The van der Waals surface area contributed by atoms with Crippen LogP contribution in [0.4, 0.5) is 0 Å². The Morgan fingerprint density at radius 1 is 0.227 bits per heavy atom. The fourth-order valence-electron chi connectivity index (χ4n) is 12.9. The van der Waals surface area contributed by atoms with Crippen LogP contribution in [0, 0.1) is 0 Å². The second kappa shape index (κ2) is 15.6. The Morgan fingerprint density at radius 3 is 1.01 bits per heavy atom. The number of rotatable bonds is 4. The predicted octanol–water partition coefficient (Wildman–Crippen LogP) is 20.4. The van der Waals surface area contributed by atoms with Crippen molar-refractivity contribution in [3.05, 3.63) is 243 Å². The summed E-state index contributed by atoms with van der Waals surface area (Å²) in [6.07, 6.45) is 0. The maximum atomic E-state index is 6.49. The van der Waals surface area contributed by atoms with Crippen LogP contribution in [-0.4, -0.2) is 14.5 Å². The van der Waals surface area contributed by atoms with Gasteiger partial charge in [-0.1, -0.05) is 48.5 Å². The van der Waals surface area contributed by atoms with E-state index in [1.807, 2.05) is 0 Å². The SMILES string of the molecule is c1ccc2cc3c(cc2c1)oc1ccc(-c2c4ccccc4c(-c4ccc5[se]c6c(-c7c8ccccc8c(-c8ccc9oc%10cc%11ccccc%11cc%10c9c8)c8ccccc78)cccc6c5c4)c4ccccc24)cc13. The molecule has 0 saturated heterocycles. The van der Waals surface area contributed by atoms with Crippen molar-refractivity contribution in [1.29, 1.82) is 0 Å². The summed E-state index contributed by atoms with van der Waals surface area (Å²) in [5.41, 5.74) is 13.7. The standard InChI is InChI=1S/C72H40O2Se/c1-3-16-43-39-65-60(34-41(43)14-1)58-36-45(28-31-63(58)73-65)68-48-18-5-7-20-50(48)70(51-21-8-6-19-49(51)68)47-30-33-67-62(38-47)56-26-13-27-57(72(56)75-67)71-54-24-11-9-22-52(54)69(53-23-10-12-25-55(53)71)46-29-32-64-59(37-46)61-35-42-15-2-4-17-44(42)40-66(61)74-64/h1-40H.